The maximum absolute atomic E-state index is 13.0. The Bertz CT molecular complexity index is 456. The molecule has 0 aromatic heterocycles. The summed E-state index contributed by atoms with van der Waals surface area (Å²) < 4.78 is 50.6. The van der Waals surface area contributed by atoms with E-state index in [1.54, 1.807) is 6.07 Å². The summed E-state index contributed by atoms with van der Waals surface area (Å²) in [6, 6.07) is 4.61. The normalized spacial score (nSPS) is 18.2. The SMILES string of the molecule is Fc1ccc(NC2CCN(CC(F)(F)F)CC2)c(I)c1. The minimum atomic E-state index is -4.13. The van der Waals surface area contributed by atoms with Crippen LogP contribution in [0.25, 0.3) is 0 Å². The maximum atomic E-state index is 13.0. The molecule has 1 aromatic carbocycles. The van der Waals surface area contributed by atoms with Crippen molar-refractivity contribution in [3.8, 4) is 0 Å². The van der Waals surface area contributed by atoms with Crippen molar-refractivity contribution in [2.45, 2.75) is 25.1 Å². The van der Waals surface area contributed by atoms with E-state index in [2.05, 4.69) is 5.32 Å². The fourth-order valence-electron chi connectivity index (χ4n) is 2.32. The van der Waals surface area contributed by atoms with Gasteiger partial charge in [0.15, 0.2) is 0 Å². The quantitative estimate of drug-likeness (QED) is 0.610. The van der Waals surface area contributed by atoms with Gasteiger partial charge in [-0.05, 0) is 53.6 Å². The van der Waals surface area contributed by atoms with E-state index in [4.69, 9.17) is 0 Å². The van der Waals surface area contributed by atoms with Gasteiger partial charge in [-0.3, -0.25) is 4.90 Å². The number of rotatable bonds is 3. The molecule has 112 valence electrons. The molecule has 2 rings (SSSR count). The highest BCUT2D eigenvalue weighted by Crippen LogP contribution is 2.24. The first kappa shape index (κ1) is 15.8. The minimum Gasteiger partial charge on any atom is -0.381 e. The molecule has 1 aliphatic heterocycles. The first-order valence-electron chi connectivity index (χ1n) is 6.34. The van der Waals surface area contributed by atoms with Crippen molar-refractivity contribution in [1.82, 2.24) is 4.90 Å². The molecule has 0 radical (unpaired) electrons. The van der Waals surface area contributed by atoms with Gasteiger partial charge < -0.3 is 5.32 Å². The van der Waals surface area contributed by atoms with E-state index in [9.17, 15) is 17.6 Å². The lowest BCUT2D eigenvalue weighted by Crippen LogP contribution is -2.43. The van der Waals surface area contributed by atoms with Gasteiger partial charge in [-0.25, -0.2) is 4.39 Å². The van der Waals surface area contributed by atoms with Crippen LogP contribution < -0.4 is 5.32 Å². The Labute approximate surface area is 128 Å². The van der Waals surface area contributed by atoms with E-state index in [-0.39, 0.29) is 11.9 Å². The highest BCUT2D eigenvalue weighted by atomic mass is 127. The number of hydrogen-bond acceptors (Lipinski definition) is 2. The summed E-state index contributed by atoms with van der Waals surface area (Å²) >= 11 is 2.04. The number of hydrogen-bond donors (Lipinski definition) is 1. The van der Waals surface area contributed by atoms with Crippen molar-refractivity contribution in [3.63, 3.8) is 0 Å². The average molecular weight is 402 g/mol. The summed E-state index contributed by atoms with van der Waals surface area (Å²) in [4.78, 5) is 1.42. The zero-order valence-electron chi connectivity index (χ0n) is 10.7. The van der Waals surface area contributed by atoms with Crippen LogP contribution in [0.4, 0.5) is 23.2 Å². The molecule has 7 heteroatoms. The second-order valence-electron chi connectivity index (χ2n) is 4.93. The summed E-state index contributed by atoms with van der Waals surface area (Å²) in [6.45, 7) is 0.0116. The largest absolute Gasteiger partial charge is 0.401 e. The van der Waals surface area contributed by atoms with Crippen LogP contribution in [0.2, 0.25) is 0 Å². The monoisotopic (exact) mass is 402 g/mol. The maximum Gasteiger partial charge on any atom is 0.401 e. The number of anilines is 1. The van der Waals surface area contributed by atoms with E-state index in [1.807, 2.05) is 22.6 Å². The molecule has 2 nitrogen and oxygen atoms in total. The van der Waals surface area contributed by atoms with Crippen molar-refractivity contribution in [1.29, 1.82) is 0 Å². The molecule has 0 spiro atoms. The van der Waals surface area contributed by atoms with Gasteiger partial charge in [-0.2, -0.15) is 13.2 Å². The van der Waals surface area contributed by atoms with Gasteiger partial charge in [0.2, 0.25) is 0 Å². The van der Waals surface area contributed by atoms with Gasteiger partial charge in [0, 0.05) is 28.4 Å². The summed E-state index contributed by atoms with van der Waals surface area (Å²) in [5.41, 5.74) is 0.835. The number of halogens is 5. The second-order valence-corrected chi connectivity index (χ2v) is 6.10. The Balaban J connectivity index is 1.85. The third-order valence-corrected chi connectivity index (χ3v) is 4.17. The number of nitrogens with one attached hydrogen (secondary N) is 1. The van der Waals surface area contributed by atoms with E-state index in [0.29, 0.717) is 25.9 Å². The van der Waals surface area contributed by atoms with E-state index in [1.165, 1.54) is 17.0 Å². The van der Waals surface area contributed by atoms with Crippen molar-refractivity contribution in [2.75, 3.05) is 25.0 Å². The lowest BCUT2D eigenvalue weighted by Gasteiger charge is -2.33. The minimum absolute atomic E-state index is 0.137. The predicted octanol–water partition coefficient (Wildman–Crippen LogP) is 3.87. The van der Waals surface area contributed by atoms with Crippen molar-refractivity contribution in [3.05, 3.63) is 27.6 Å². The topological polar surface area (TPSA) is 15.3 Å². The molecular weight excluding hydrogens is 387 g/mol. The van der Waals surface area contributed by atoms with Crippen molar-refractivity contribution >= 4 is 28.3 Å². The molecule has 1 aliphatic rings. The van der Waals surface area contributed by atoms with Crippen LogP contribution in [-0.4, -0.2) is 36.8 Å². The third-order valence-electron chi connectivity index (χ3n) is 3.28. The molecule has 1 fully saturated rings. The number of piperidine rings is 1. The fraction of sp³-hybridized carbons (Fsp3) is 0.538. The Hall–Kier alpha value is -0.570. The number of nitrogens with zero attached hydrogens (tertiary/aromatic N) is 1. The number of alkyl halides is 3. The van der Waals surface area contributed by atoms with Gasteiger partial charge in [0.1, 0.15) is 5.82 Å². The Morgan fingerprint density at radius 2 is 1.90 bits per heavy atom. The predicted molar refractivity (Wildman–Crippen MR) is 78.3 cm³/mol. The van der Waals surface area contributed by atoms with E-state index < -0.39 is 12.7 Å². The first-order valence-corrected chi connectivity index (χ1v) is 7.42. The molecule has 0 unspecified atom stereocenters. The Kier molecular flexibility index (Phi) is 5.11. The van der Waals surface area contributed by atoms with E-state index >= 15 is 0 Å². The van der Waals surface area contributed by atoms with Gasteiger partial charge in [-0.1, -0.05) is 0 Å². The highest BCUT2D eigenvalue weighted by molar-refractivity contribution is 14.1. The van der Waals surface area contributed by atoms with Crippen LogP contribution in [0.15, 0.2) is 18.2 Å². The van der Waals surface area contributed by atoms with Crippen LogP contribution >= 0.6 is 22.6 Å². The average Bonchev–Trinajstić information content (AvgIpc) is 2.33. The van der Waals surface area contributed by atoms with Crippen LogP contribution in [-0.2, 0) is 0 Å². The van der Waals surface area contributed by atoms with E-state index in [0.717, 1.165) is 9.26 Å². The number of likely N-dealkylation sites (tertiary alicyclic amines) is 1. The molecule has 1 heterocycles. The molecule has 0 atom stereocenters. The molecular formula is C13H15F4IN2. The molecule has 20 heavy (non-hydrogen) atoms. The molecule has 1 aromatic rings. The van der Waals surface area contributed by atoms with Crippen molar-refractivity contribution in [2.24, 2.45) is 0 Å². The number of benzene rings is 1. The fourth-order valence-corrected chi connectivity index (χ4v) is 2.95. The van der Waals surface area contributed by atoms with Gasteiger partial charge >= 0.3 is 6.18 Å². The Morgan fingerprint density at radius 3 is 2.45 bits per heavy atom. The zero-order valence-corrected chi connectivity index (χ0v) is 12.8. The Morgan fingerprint density at radius 1 is 1.25 bits per heavy atom. The molecule has 0 amide bonds. The van der Waals surface area contributed by atoms with Crippen LogP contribution in [0.1, 0.15) is 12.8 Å². The summed E-state index contributed by atoms with van der Waals surface area (Å²) in [7, 11) is 0. The molecule has 0 bridgehead atoms. The summed E-state index contributed by atoms with van der Waals surface area (Å²) in [6.07, 6.45) is -2.82. The smallest absolute Gasteiger partial charge is 0.381 e. The van der Waals surface area contributed by atoms with Gasteiger partial charge in [0.25, 0.3) is 0 Å². The third kappa shape index (κ3) is 4.76. The molecule has 0 saturated carbocycles. The zero-order chi connectivity index (χ0) is 14.8. The molecule has 1 saturated heterocycles. The summed E-state index contributed by atoms with van der Waals surface area (Å²) in [5, 5.41) is 3.28. The van der Waals surface area contributed by atoms with Crippen LogP contribution in [0, 0.1) is 9.39 Å². The molecule has 0 aliphatic carbocycles. The van der Waals surface area contributed by atoms with Crippen LogP contribution in [0.3, 0.4) is 0 Å². The van der Waals surface area contributed by atoms with Gasteiger partial charge in [0.05, 0.1) is 6.54 Å². The lowest BCUT2D eigenvalue weighted by atomic mass is 10.0. The lowest BCUT2D eigenvalue weighted by molar-refractivity contribution is -0.147. The highest BCUT2D eigenvalue weighted by Gasteiger charge is 2.32. The van der Waals surface area contributed by atoms with Crippen LogP contribution in [0.5, 0.6) is 0 Å². The second kappa shape index (κ2) is 6.46. The molecule has 1 N–H and O–H groups in total. The first-order chi connectivity index (χ1) is 9.33. The summed E-state index contributed by atoms with van der Waals surface area (Å²) in [5.74, 6) is -0.292. The van der Waals surface area contributed by atoms with Gasteiger partial charge in [-0.15, -0.1) is 0 Å². The standard InChI is InChI=1S/C13H15F4IN2/c14-9-1-2-12(11(18)7-9)19-10-3-5-20(6-4-10)8-13(15,16)17/h1-2,7,10,19H,3-6,8H2. The van der Waals surface area contributed by atoms with Crippen molar-refractivity contribution < 1.29 is 17.6 Å².